The molecule has 2 aromatic carbocycles. The monoisotopic (exact) mass is 507 g/mol. The molecule has 5 rings (SSSR count). The summed E-state index contributed by atoms with van der Waals surface area (Å²) < 4.78 is 6.51. The Balaban J connectivity index is 1.47. The molecule has 3 aromatic rings. The molecule has 36 heavy (non-hydrogen) atoms. The molecule has 2 amide bonds. The minimum Gasteiger partial charge on any atom is -0.432 e. The maximum Gasteiger partial charge on any atom is 0.264 e. The predicted molar refractivity (Wildman–Crippen MR) is 141 cm³/mol. The standard InChI is InChI=1S/C27H33N3O5Si/c1-16-25(36(3,4)34)23(11-12-31)35-27(16)20-14-18(9-10-22(20)30(2)26(27)33)29-24(32)13-17-15-28-21-8-6-5-7-19(17)21/h5-10,14-16,23,25,28,31,34H,11-13H2,1-4H3,(H,29,32)/t16-,23+,25-,27+/m1/s1. The molecule has 0 bridgehead atoms. The van der Waals surface area contributed by atoms with Crippen molar-refractivity contribution in [1.29, 1.82) is 0 Å². The van der Waals surface area contributed by atoms with Crippen LogP contribution in [0.4, 0.5) is 11.4 Å². The molecule has 2 aliphatic heterocycles. The molecule has 4 N–H and O–H groups in total. The van der Waals surface area contributed by atoms with E-state index in [0.29, 0.717) is 17.7 Å². The van der Waals surface area contributed by atoms with E-state index in [1.807, 2.05) is 62.6 Å². The number of carbonyl (C=O) groups is 2. The molecule has 0 radical (unpaired) electrons. The maximum atomic E-state index is 13.7. The minimum atomic E-state index is -2.73. The summed E-state index contributed by atoms with van der Waals surface area (Å²) in [5.41, 5.74) is 2.40. The number of benzene rings is 2. The second-order valence-electron chi connectivity index (χ2n) is 10.6. The van der Waals surface area contributed by atoms with Crippen molar-refractivity contribution in [2.45, 2.75) is 50.1 Å². The van der Waals surface area contributed by atoms with Crippen molar-refractivity contribution >= 4 is 42.4 Å². The van der Waals surface area contributed by atoms with E-state index in [0.717, 1.165) is 22.2 Å². The Hall–Kier alpha value is -2.98. The first-order valence-electron chi connectivity index (χ1n) is 12.4. The van der Waals surface area contributed by atoms with Crippen molar-refractivity contribution in [2.75, 3.05) is 23.9 Å². The number of nitrogens with one attached hydrogen (secondary N) is 2. The van der Waals surface area contributed by atoms with Crippen LogP contribution >= 0.6 is 0 Å². The summed E-state index contributed by atoms with van der Waals surface area (Å²) in [5.74, 6) is -0.642. The molecule has 1 aromatic heterocycles. The fraction of sp³-hybridized carbons (Fsp3) is 0.407. The molecule has 4 atom stereocenters. The molecule has 2 aliphatic rings. The van der Waals surface area contributed by atoms with Gasteiger partial charge in [0, 0.05) is 53.5 Å². The number of fused-ring (bicyclic) bond motifs is 3. The Morgan fingerprint density at radius 1 is 1.25 bits per heavy atom. The van der Waals surface area contributed by atoms with Crippen LogP contribution in [0.2, 0.25) is 18.6 Å². The largest absolute Gasteiger partial charge is 0.432 e. The van der Waals surface area contributed by atoms with Crippen molar-refractivity contribution in [2.24, 2.45) is 5.92 Å². The average molecular weight is 508 g/mol. The number of ether oxygens (including phenoxy) is 1. The third-order valence-electron chi connectivity index (χ3n) is 7.84. The van der Waals surface area contributed by atoms with Crippen LogP contribution in [0.5, 0.6) is 0 Å². The van der Waals surface area contributed by atoms with Gasteiger partial charge in [-0.05, 0) is 49.3 Å². The van der Waals surface area contributed by atoms with E-state index < -0.39 is 20.0 Å². The van der Waals surface area contributed by atoms with Gasteiger partial charge in [0.05, 0.1) is 18.2 Å². The van der Waals surface area contributed by atoms with Gasteiger partial charge in [-0.3, -0.25) is 9.59 Å². The fourth-order valence-electron chi connectivity index (χ4n) is 6.31. The van der Waals surface area contributed by atoms with Crippen molar-refractivity contribution in [3.05, 3.63) is 59.8 Å². The van der Waals surface area contributed by atoms with Gasteiger partial charge in [-0.15, -0.1) is 0 Å². The van der Waals surface area contributed by atoms with Gasteiger partial charge in [0.15, 0.2) is 13.9 Å². The molecular weight excluding hydrogens is 474 g/mol. The Morgan fingerprint density at radius 2 is 2.00 bits per heavy atom. The Morgan fingerprint density at radius 3 is 2.72 bits per heavy atom. The lowest BCUT2D eigenvalue weighted by atomic mass is 9.82. The summed E-state index contributed by atoms with van der Waals surface area (Å²) in [6.45, 7) is 5.57. The minimum absolute atomic E-state index is 0.0880. The highest BCUT2D eigenvalue weighted by Crippen LogP contribution is 2.59. The van der Waals surface area contributed by atoms with Gasteiger partial charge in [-0.1, -0.05) is 25.1 Å². The van der Waals surface area contributed by atoms with Crippen LogP contribution < -0.4 is 10.2 Å². The fourth-order valence-corrected chi connectivity index (χ4v) is 8.92. The van der Waals surface area contributed by atoms with Gasteiger partial charge >= 0.3 is 0 Å². The topological polar surface area (TPSA) is 115 Å². The number of H-pyrrole nitrogens is 1. The zero-order valence-electron chi connectivity index (χ0n) is 21.0. The summed E-state index contributed by atoms with van der Waals surface area (Å²) in [5, 5.41) is 13.7. The second-order valence-corrected chi connectivity index (χ2v) is 14.5. The quantitative estimate of drug-likeness (QED) is 0.381. The molecular formula is C27H33N3O5Si. The molecule has 1 saturated heterocycles. The van der Waals surface area contributed by atoms with E-state index >= 15 is 0 Å². The zero-order valence-corrected chi connectivity index (χ0v) is 22.0. The second kappa shape index (κ2) is 8.84. The SMILES string of the molecule is C[C@@H]1[C@@H]([Si](C)(C)O)[C@H](CCO)O[C@@]12C(=O)N(C)c1ccc(NC(=O)Cc3c[nH]c4ccccc34)cc12. The number of likely N-dealkylation sites (N-methyl/N-ethyl adjacent to an activating group) is 1. The number of aromatic nitrogens is 1. The molecule has 0 saturated carbocycles. The number of amides is 2. The van der Waals surface area contributed by atoms with Crippen molar-refractivity contribution in [1.82, 2.24) is 4.98 Å². The summed E-state index contributed by atoms with van der Waals surface area (Å²) in [4.78, 5) is 42.5. The predicted octanol–water partition coefficient (Wildman–Crippen LogP) is 3.51. The number of carbonyl (C=O) groups excluding carboxylic acids is 2. The average Bonchev–Trinajstić information content (AvgIpc) is 3.42. The van der Waals surface area contributed by atoms with E-state index in [9.17, 15) is 19.5 Å². The smallest absolute Gasteiger partial charge is 0.264 e. The number of hydrogen-bond acceptors (Lipinski definition) is 5. The first-order valence-corrected chi connectivity index (χ1v) is 15.4. The summed E-state index contributed by atoms with van der Waals surface area (Å²) in [7, 11) is -1.01. The lowest BCUT2D eigenvalue weighted by molar-refractivity contribution is -0.146. The van der Waals surface area contributed by atoms with Gasteiger partial charge in [-0.2, -0.15) is 0 Å². The highest BCUT2D eigenvalue weighted by atomic mass is 28.4. The number of hydrogen-bond donors (Lipinski definition) is 4. The molecule has 0 unspecified atom stereocenters. The summed E-state index contributed by atoms with van der Waals surface area (Å²) in [6, 6.07) is 13.3. The first-order chi connectivity index (χ1) is 17.1. The highest BCUT2D eigenvalue weighted by Gasteiger charge is 2.65. The Bertz CT molecular complexity index is 1330. The number of nitrogens with zero attached hydrogens (tertiary/aromatic N) is 1. The van der Waals surface area contributed by atoms with Gasteiger partial charge in [-0.25, -0.2) is 0 Å². The zero-order chi connectivity index (χ0) is 25.8. The molecule has 190 valence electrons. The van der Waals surface area contributed by atoms with Gasteiger partial charge < -0.3 is 29.8 Å². The number of para-hydroxylation sites is 1. The number of rotatable bonds is 6. The van der Waals surface area contributed by atoms with E-state index in [1.54, 1.807) is 18.0 Å². The van der Waals surface area contributed by atoms with Crippen molar-refractivity contribution in [3.8, 4) is 0 Å². The Kier molecular flexibility index (Phi) is 6.07. The molecule has 8 nitrogen and oxygen atoms in total. The van der Waals surface area contributed by atoms with Gasteiger partial charge in [0.25, 0.3) is 5.91 Å². The van der Waals surface area contributed by atoms with Crippen molar-refractivity contribution in [3.63, 3.8) is 0 Å². The first kappa shape index (κ1) is 24.7. The van der Waals surface area contributed by atoms with Crippen LogP contribution in [0.25, 0.3) is 10.9 Å². The lowest BCUT2D eigenvalue weighted by Gasteiger charge is -2.32. The number of anilines is 2. The number of aromatic amines is 1. The molecule has 3 heterocycles. The Labute approximate surface area is 211 Å². The third-order valence-corrected chi connectivity index (χ3v) is 10.3. The van der Waals surface area contributed by atoms with Crippen molar-refractivity contribution < 1.29 is 24.2 Å². The van der Waals surface area contributed by atoms with Crippen LogP contribution in [-0.4, -0.2) is 54.8 Å². The lowest BCUT2D eigenvalue weighted by Crippen LogP contribution is -2.45. The van der Waals surface area contributed by atoms with Gasteiger partial charge in [0.1, 0.15) is 0 Å². The number of aliphatic hydroxyl groups is 1. The van der Waals surface area contributed by atoms with E-state index in [-0.39, 0.29) is 36.3 Å². The van der Waals surface area contributed by atoms with Crippen LogP contribution in [0.1, 0.15) is 24.5 Å². The maximum absolute atomic E-state index is 13.7. The molecule has 1 fully saturated rings. The van der Waals surface area contributed by atoms with Crippen LogP contribution in [-0.2, 0) is 26.3 Å². The van der Waals surface area contributed by atoms with Crippen LogP contribution in [0.15, 0.2) is 48.7 Å². The summed E-state index contributed by atoms with van der Waals surface area (Å²) >= 11 is 0. The number of aliphatic hydroxyl groups excluding tert-OH is 1. The van der Waals surface area contributed by atoms with E-state index in [1.165, 1.54) is 0 Å². The highest BCUT2D eigenvalue weighted by molar-refractivity contribution is 6.71. The normalized spacial score (nSPS) is 25.7. The van der Waals surface area contributed by atoms with Crippen LogP contribution in [0.3, 0.4) is 0 Å². The molecule has 1 spiro atoms. The third kappa shape index (κ3) is 3.78. The van der Waals surface area contributed by atoms with Gasteiger partial charge in [0.2, 0.25) is 5.91 Å². The van der Waals surface area contributed by atoms with Crippen LogP contribution in [0, 0.1) is 5.92 Å². The molecule has 9 heteroatoms. The van der Waals surface area contributed by atoms with E-state index in [4.69, 9.17) is 4.74 Å². The van der Waals surface area contributed by atoms with E-state index in [2.05, 4.69) is 10.3 Å². The summed E-state index contributed by atoms with van der Waals surface area (Å²) in [6.07, 6.45) is 1.98. The molecule has 0 aliphatic carbocycles.